The minimum atomic E-state index is 0.0702. The van der Waals surface area contributed by atoms with Crippen molar-refractivity contribution in [1.82, 2.24) is 0 Å². The summed E-state index contributed by atoms with van der Waals surface area (Å²) in [5, 5.41) is 0. The molecule has 0 radical (unpaired) electrons. The zero-order valence-corrected chi connectivity index (χ0v) is 18.8. The van der Waals surface area contributed by atoms with Gasteiger partial charge in [-0.25, -0.2) is 0 Å². The third-order valence-corrected chi connectivity index (χ3v) is 8.35. The number of carbonyl (C=O) groups excluding carboxylic acids is 1. The van der Waals surface area contributed by atoms with E-state index in [1.807, 2.05) is 0 Å². The number of hydrogen-bond donors (Lipinski definition) is 0. The van der Waals surface area contributed by atoms with Gasteiger partial charge >= 0.3 is 5.97 Å². The zero-order chi connectivity index (χ0) is 19.8. The van der Waals surface area contributed by atoms with Gasteiger partial charge in [0.05, 0.1) is 0 Å². The average Bonchev–Trinajstić information content (AvgIpc) is 2.71. The van der Waals surface area contributed by atoms with Gasteiger partial charge in [0, 0.05) is 6.42 Å². The number of carbonyl (C=O) groups is 1. The second-order valence-electron chi connectivity index (χ2n) is 10.3. The van der Waals surface area contributed by atoms with Crippen molar-refractivity contribution in [3.63, 3.8) is 0 Å². The van der Waals surface area contributed by atoms with E-state index in [0.29, 0.717) is 6.42 Å². The van der Waals surface area contributed by atoms with E-state index in [-0.39, 0.29) is 12.1 Å². The van der Waals surface area contributed by atoms with Crippen LogP contribution in [0.2, 0.25) is 0 Å². The Morgan fingerprint density at radius 1 is 0.750 bits per heavy atom. The monoisotopic (exact) mass is 390 g/mol. The Labute approximate surface area is 174 Å². The highest BCUT2D eigenvalue weighted by Gasteiger charge is 2.44. The predicted molar refractivity (Wildman–Crippen MR) is 117 cm³/mol. The van der Waals surface area contributed by atoms with Crippen LogP contribution in [0.3, 0.4) is 0 Å². The van der Waals surface area contributed by atoms with Crippen molar-refractivity contribution < 1.29 is 9.53 Å². The summed E-state index contributed by atoms with van der Waals surface area (Å²) in [6, 6.07) is 0. The van der Waals surface area contributed by atoms with Crippen molar-refractivity contribution in [3.05, 3.63) is 0 Å². The molecule has 0 N–H and O–H groups in total. The van der Waals surface area contributed by atoms with Gasteiger partial charge in [-0.05, 0) is 81.0 Å². The second-order valence-corrected chi connectivity index (χ2v) is 10.3. The lowest BCUT2D eigenvalue weighted by Crippen LogP contribution is -2.43. The maximum Gasteiger partial charge on any atom is 0.306 e. The highest BCUT2D eigenvalue weighted by Crippen LogP contribution is 2.53. The van der Waals surface area contributed by atoms with Crippen LogP contribution in [-0.4, -0.2) is 12.1 Å². The van der Waals surface area contributed by atoms with E-state index in [1.54, 1.807) is 0 Å². The van der Waals surface area contributed by atoms with Gasteiger partial charge in [-0.1, -0.05) is 65.2 Å². The molecule has 2 nitrogen and oxygen atoms in total. The van der Waals surface area contributed by atoms with Crippen molar-refractivity contribution in [2.75, 3.05) is 0 Å². The van der Waals surface area contributed by atoms with Gasteiger partial charge in [0.2, 0.25) is 0 Å². The fourth-order valence-corrected chi connectivity index (χ4v) is 6.84. The number of hydrogen-bond acceptors (Lipinski definition) is 2. The molecule has 3 aliphatic rings. The summed E-state index contributed by atoms with van der Waals surface area (Å²) in [4.78, 5) is 12.2. The first-order chi connectivity index (χ1) is 13.7. The first kappa shape index (κ1) is 22.2. The smallest absolute Gasteiger partial charge is 0.306 e. The molecular formula is C26H46O2. The van der Waals surface area contributed by atoms with E-state index in [1.165, 1.54) is 83.5 Å². The van der Waals surface area contributed by atoms with Crippen LogP contribution in [0.5, 0.6) is 0 Å². The first-order valence-electron chi connectivity index (χ1n) is 12.9. The molecule has 3 fully saturated rings. The van der Waals surface area contributed by atoms with E-state index in [2.05, 4.69) is 13.8 Å². The van der Waals surface area contributed by atoms with Gasteiger partial charge in [-0.3, -0.25) is 4.79 Å². The molecule has 0 aromatic heterocycles. The van der Waals surface area contributed by atoms with Crippen LogP contribution in [0.4, 0.5) is 0 Å². The van der Waals surface area contributed by atoms with Gasteiger partial charge in [-0.2, -0.15) is 0 Å². The molecule has 3 aliphatic carbocycles. The predicted octanol–water partition coefficient (Wildman–Crippen LogP) is 7.69. The van der Waals surface area contributed by atoms with Gasteiger partial charge < -0.3 is 4.74 Å². The number of rotatable bonds is 10. The first-order valence-corrected chi connectivity index (χ1v) is 12.9. The van der Waals surface area contributed by atoms with Crippen LogP contribution in [0.15, 0.2) is 0 Å². The maximum absolute atomic E-state index is 12.2. The van der Waals surface area contributed by atoms with Crippen molar-refractivity contribution in [3.8, 4) is 0 Å². The molecule has 0 saturated heterocycles. The molecule has 0 aromatic carbocycles. The number of unbranched alkanes of at least 4 members (excludes halogenated alkanes) is 5. The normalized spacial score (nSPS) is 35.1. The summed E-state index contributed by atoms with van der Waals surface area (Å²) in [6.45, 7) is 4.53. The fourth-order valence-electron chi connectivity index (χ4n) is 6.84. The van der Waals surface area contributed by atoms with Crippen molar-refractivity contribution in [1.29, 1.82) is 0 Å². The van der Waals surface area contributed by atoms with Crippen LogP contribution in [0.1, 0.15) is 123 Å². The van der Waals surface area contributed by atoms with E-state index in [0.717, 1.165) is 48.9 Å². The SMILES string of the molecule is CCCCCCC(=O)O[C@H]1CCC2C(CCC3C[C@@H](CCCCC)CCC32)C1. The Balaban J connectivity index is 1.40. The van der Waals surface area contributed by atoms with Crippen LogP contribution < -0.4 is 0 Å². The van der Waals surface area contributed by atoms with Gasteiger partial charge in [0.15, 0.2) is 0 Å². The molecule has 3 saturated carbocycles. The van der Waals surface area contributed by atoms with Crippen molar-refractivity contribution in [2.24, 2.45) is 29.6 Å². The third kappa shape index (κ3) is 6.23. The zero-order valence-electron chi connectivity index (χ0n) is 18.8. The largest absolute Gasteiger partial charge is 0.462 e. The third-order valence-electron chi connectivity index (χ3n) is 8.35. The Morgan fingerprint density at radius 3 is 2.18 bits per heavy atom. The summed E-state index contributed by atoms with van der Waals surface area (Å²) < 4.78 is 5.89. The molecule has 162 valence electrons. The van der Waals surface area contributed by atoms with E-state index < -0.39 is 0 Å². The molecule has 3 rings (SSSR count). The Kier molecular flexibility index (Phi) is 9.18. The maximum atomic E-state index is 12.2. The van der Waals surface area contributed by atoms with E-state index >= 15 is 0 Å². The molecule has 0 heterocycles. The van der Waals surface area contributed by atoms with Crippen LogP contribution in [-0.2, 0) is 9.53 Å². The minimum absolute atomic E-state index is 0.0702. The molecule has 0 spiro atoms. The van der Waals surface area contributed by atoms with Gasteiger partial charge in [-0.15, -0.1) is 0 Å². The average molecular weight is 391 g/mol. The summed E-state index contributed by atoms with van der Waals surface area (Å²) in [5.74, 6) is 4.88. The fraction of sp³-hybridized carbons (Fsp3) is 0.962. The summed E-state index contributed by atoms with van der Waals surface area (Å²) in [7, 11) is 0. The Morgan fingerprint density at radius 2 is 1.43 bits per heavy atom. The summed E-state index contributed by atoms with van der Waals surface area (Å²) >= 11 is 0. The molecule has 0 bridgehead atoms. The number of esters is 1. The highest BCUT2D eigenvalue weighted by molar-refractivity contribution is 5.69. The second kappa shape index (κ2) is 11.6. The molecular weight excluding hydrogens is 344 g/mol. The number of ether oxygens (including phenoxy) is 1. The number of fused-ring (bicyclic) bond motifs is 3. The summed E-state index contributed by atoms with van der Waals surface area (Å²) in [6.07, 6.45) is 22.2. The van der Waals surface area contributed by atoms with Crippen LogP contribution in [0, 0.1) is 29.6 Å². The lowest BCUT2D eigenvalue weighted by atomic mass is 9.56. The topological polar surface area (TPSA) is 26.3 Å². The molecule has 6 atom stereocenters. The molecule has 0 aliphatic heterocycles. The highest BCUT2D eigenvalue weighted by atomic mass is 16.5. The Hall–Kier alpha value is -0.530. The van der Waals surface area contributed by atoms with Crippen LogP contribution in [0.25, 0.3) is 0 Å². The molecule has 0 aromatic rings. The molecule has 4 unspecified atom stereocenters. The lowest BCUT2D eigenvalue weighted by molar-refractivity contribution is -0.153. The van der Waals surface area contributed by atoms with Gasteiger partial charge in [0.25, 0.3) is 0 Å². The summed E-state index contributed by atoms with van der Waals surface area (Å²) in [5.41, 5.74) is 0. The van der Waals surface area contributed by atoms with E-state index in [9.17, 15) is 4.79 Å². The lowest BCUT2D eigenvalue weighted by Gasteiger charge is -2.50. The van der Waals surface area contributed by atoms with Crippen molar-refractivity contribution in [2.45, 2.75) is 129 Å². The van der Waals surface area contributed by atoms with E-state index in [4.69, 9.17) is 4.74 Å². The Bertz CT molecular complexity index is 459. The molecule has 28 heavy (non-hydrogen) atoms. The molecule has 2 heteroatoms. The van der Waals surface area contributed by atoms with Crippen molar-refractivity contribution >= 4 is 5.97 Å². The standard InChI is InChI=1S/C26H46O2/c1-3-5-7-9-11-26(27)28-23-15-17-25-22(19-23)14-13-21-18-20(10-8-6-4-2)12-16-24(21)25/h20-25H,3-19H2,1-2H3/t20-,21?,22?,23-,24?,25?/m0/s1. The minimum Gasteiger partial charge on any atom is -0.462 e. The molecule has 0 amide bonds. The van der Waals surface area contributed by atoms with Gasteiger partial charge in [0.1, 0.15) is 6.10 Å². The van der Waals surface area contributed by atoms with Crippen LogP contribution >= 0.6 is 0 Å². The quantitative estimate of drug-likeness (QED) is 0.282.